The van der Waals surface area contributed by atoms with Crippen molar-refractivity contribution in [3.8, 4) is 0 Å². The maximum Gasteiger partial charge on any atom is 0.128 e. The topological polar surface area (TPSA) is 15.3 Å². The molecular weight excluding hydrogens is 386 g/mol. The number of thiophene rings is 1. The minimum atomic E-state index is -0.109. The Hall–Kier alpha value is -0.500. The molecule has 1 saturated heterocycles. The van der Waals surface area contributed by atoms with E-state index in [4.69, 9.17) is 0 Å². The van der Waals surface area contributed by atoms with Crippen LogP contribution < -0.4 is 5.32 Å². The Morgan fingerprint density at radius 2 is 2.05 bits per heavy atom. The van der Waals surface area contributed by atoms with Crippen LogP contribution in [0.5, 0.6) is 0 Å². The summed E-state index contributed by atoms with van der Waals surface area (Å²) < 4.78 is 15.4. The highest BCUT2D eigenvalue weighted by Gasteiger charge is 2.27. The van der Waals surface area contributed by atoms with Crippen LogP contribution in [0.4, 0.5) is 4.39 Å². The molecule has 0 saturated carbocycles. The lowest BCUT2D eigenvalue weighted by Crippen LogP contribution is -2.45. The Bertz CT molecular complexity index is 567. The van der Waals surface area contributed by atoms with Crippen LogP contribution in [0.2, 0.25) is 0 Å². The molecule has 0 radical (unpaired) electrons. The first-order chi connectivity index (χ1) is 9.75. The number of piperazine rings is 1. The first-order valence-corrected chi connectivity index (χ1v) is 8.64. The van der Waals surface area contributed by atoms with E-state index in [2.05, 4.69) is 44.3 Å². The fourth-order valence-electron chi connectivity index (χ4n) is 2.64. The van der Waals surface area contributed by atoms with E-state index in [1.807, 2.05) is 18.2 Å². The highest BCUT2D eigenvalue weighted by molar-refractivity contribution is 14.1. The average Bonchev–Trinajstić information content (AvgIpc) is 2.98. The molecule has 0 unspecified atom stereocenters. The van der Waals surface area contributed by atoms with Crippen LogP contribution in [-0.4, -0.2) is 31.1 Å². The van der Waals surface area contributed by atoms with Crippen molar-refractivity contribution in [2.24, 2.45) is 0 Å². The molecule has 0 spiro atoms. The van der Waals surface area contributed by atoms with Gasteiger partial charge in [-0.2, -0.15) is 0 Å². The molecular formula is C15H16FIN2S. The Morgan fingerprint density at radius 3 is 2.75 bits per heavy atom. The van der Waals surface area contributed by atoms with Gasteiger partial charge in [-0.15, -0.1) is 11.3 Å². The van der Waals surface area contributed by atoms with Gasteiger partial charge in [0.15, 0.2) is 0 Å². The highest BCUT2D eigenvalue weighted by Crippen LogP contribution is 2.34. The van der Waals surface area contributed by atoms with Gasteiger partial charge in [-0.1, -0.05) is 6.07 Å². The van der Waals surface area contributed by atoms with Crippen LogP contribution in [-0.2, 0) is 0 Å². The van der Waals surface area contributed by atoms with Gasteiger partial charge in [0.1, 0.15) is 5.82 Å². The zero-order valence-electron chi connectivity index (χ0n) is 11.0. The van der Waals surface area contributed by atoms with E-state index in [0.717, 1.165) is 35.3 Å². The average molecular weight is 402 g/mol. The Labute approximate surface area is 136 Å². The Morgan fingerprint density at radius 1 is 1.25 bits per heavy atom. The normalized spacial score (nSPS) is 18.1. The molecule has 1 atom stereocenters. The SMILES string of the molecule is Fc1ccc(I)cc1[C@H](c1cccs1)N1CCNCC1. The lowest BCUT2D eigenvalue weighted by molar-refractivity contribution is 0.197. The summed E-state index contributed by atoms with van der Waals surface area (Å²) in [6.07, 6.45) is 0. The second kappa shape index (κ2) is 6.51. The summed E-state index contributed by atoms with van der Waals surface area (Å²) in [4.78, 5) is 3.59. The van der Waals surface area contributed by atoms with Crippen LogP contribution in [0.25, 0.3) is 0 Å². The number of hydrogen-bond donors (Lipinski definition) is 1. The van der Waals surface area contributed by atoms with Gasteiger partial charge in [0.05, 0.1) is 6.04 Å². The van der Waals surface area contributed by atoms with E-state index in [-0.39, 0.29) is 11.9 Å². The molecule has 1 aromatic carbocycles. The fourth-order valence-corrected chi connectivity index (χ4v) is 4.03. The third kappa shape index (κ3) is 3.05. The van der Waals surface area contributed by atoms with E-state index in [1.165, 1.54) is 4.88 Å². The van der Waals surface area contributed by atoms with Crippen LogP contribution in [0.1, 0.15) is 16.5 Å². The third-order valence-electron chi connectivity index (χ3n) is 3.58. The molecule has 2 nitrogen and oxygen atoms in total. The number of rotatable bonds is 3. The Kier molecular flexibility index (Phi) is 4.70. The van der Waals surface area contributed by atoms with Crippen LogP contribution >= 0.6 is 33.9 Å². The van der Waals surface area contributed by atoms with Crippen molar-refractivity contribution >= 4 is 33.9 Å². The number of nitrogens with zero attached hydrogens (tertiary/aromatic N) is 1. The first-order valence-electron chi connectivity index (χ1n) is 6.69. The predicted molar refractivity (Wildman–Crippen MR) is 89.7 cm³/mol. The number of benzene rings is 1. The molecule has 1 fully saturated rings. The highest BCUT2D eigenvalue weighted by atomic mass is 127. The predicted octanol–water partition coefficient (Wildman–Crippen LogP) is 3.49. The lowest BCUT2D eigenvalue weighted by atomic mass is 10.0. The van der Waals surface area contributed by atoms with Gasteiger partial charge in [-0.3, -0.25) is 4.90 Å². The molecule has 1 aliphatic heterocycles. The molecule has 5 heteroatoms. The van der Waals surface area contributed by atoms with E-state index in [9.17, 15) is 4.39 Å². The van der Waals surface area contributed by atoms with Crippen molar-refractivity contribution in [2.45, 2.75) is 6.04 Å². The van der Waals surface area contributed by atoms with E-state index >= 15 is 0 Å². The minimum Gasteiger partial charge on any atom is -0.314 e. The van der Waals surface area contributed by atoms with Gasteiger partial charge in [0.25, 0.3) is 0 Å². The van der Waals surface area contributed by atoms with Crippen molar-refractivity contribution in [3.63, 3.8) is 0 Å². The summed E-state index contributed by atoms with van der Waals surface area (Å²) in [6.45, 7) is 3.84. The summed E-state index contributed by atoms with van der Waals surface area (Å²) >= 11 is 3.95. The van der Waals surface area contributed by atoms with Crippen LogP contribution in [0.15, 0.2) is 35.7 Å². The molecule has 20 heavy (non-hydrogen) atoms. The number of hydrogen-bond acceptors (Lipinski definition) is 3. The van der Waals surface area contributed by atoms with E-state index in [0.29, 0.717) is 0 Å². The molecule has 2 aromatic rings. The lowest BCUT2D eigenvalue weighted by Gasteiger charge is -2.35. The van der Waals surface area contributed by atoms with Gasteiger partial charge in [-0.05, 0) is 52.2 Å². The van der Waals surface area contributed by atoms with E-state index in [1.54, 1.807) is 17.4 Å². The maximum atomic E-state index is 14.3. The number of nitrogens with one attached hydrogen (secondary N) is 1. The van der Waals surface area contributed by atoms with Gasteiger partial charge < -0.3 is 5.32 Å². The summed E-state index contributed by atoms with van der Waals surface area (Å²) in [5, 5.41) is 5.42. The minimum absolute atomic E-state index is 0.0341. The molecule has 2 heterocycles. The fraction of sp³-hybridized carbons (Fsp3) is 0.333. The zero-order valence-corrected chi connectivity index (χ0v) is 14.0. The molecule has 0 aliphatic carbocycles. The third-order valence-corrected chi connectivity index (χ3v) is 5.18. The Balaban J connectivity index is 2.02. The van der Waals surface area contributed by atoms with Crippen LogP contribution in [0, 0.1) is 9.39 Å². The maximum absolute atomic E-state index is 14.3. The molecule has 1 N–H and O–H groups in total. The van der Waals surface area contributed by atoms with Crippen molar-refractivity contribution in [1.29, 1.82) is 0 Å². The van der Waals surface area contributed by atoms with Crippen LogP contribution in [0.3, 0.4) is 0 Å². The van der Waals surface area contributed by atoms with Gasteiger partial charge >= 0.3 is 0 Å². The first kappa shape index (κ1) is 14.4. The summed E-state index contributed by atoms with van der Waals surface area (Å²) in [6, 6.07) is 9.56. The van der Waals surface area contributed by atoms with Crippen molar-refractivity contribution in [1.82, 2.24) is 10.2 Å². The number of halogens is 2. The quantitative estimate of drug-likeness (QED) is 0.791. The second-order valence-electron chi connectivity index (χ2n) is 4.87. The molecule has 106 valence electrons. The second-order valence-corrected chi connectivity index (χ2v) is 7.09. The molecule has 3 rings (SSSR count). The molecule has 0 bridgehead atoms. The molecule has 1 aliphatic rings. The largest absolute Gasteiger partial charge is 0.314 e. The summed E-state index contributed by atoms with van der Waals surface area (Å²) in [5.41, 5.74) is 0.793. The molecule has 0 amide bonds. The smallest absolute Gasteiger partial charge is 0.128 e. The van der Waals surface area contributed by atoms with Gasteiger partial charge in [0.2, 0.25) is 0 Å². The summed E-state index contributed by atoms with van der Waals surface area (Å²) in [7, 11) is 0. The summed E-state index contributed by atoms with van der Waals surface area (Å²) in [5.74, 6) is -0.109. The molecule has 1 aromatic heterocycles. The monoisotopic (exact) mass is 402 g/mol. The van der Waals surface area contributed by atoms with Crippen molar-refractivity contribution < 1.29 is 4.39 Å². The van der Waals surface area contributed by atoms with Gasteiger partial charge in [-0.25, -0.2) is 4.39 Å². The van der Waals surface area contributed by atoms with Crippen molar-refractivity contribution in [2.75, 3.05) is 26.2 Å². The van der Waals surface area contributed by atoms with Crippen molar-refractivity contribution in [3.05, 3.63) is 55.5 Å². The zero-order chi connectivity index (χ0) is 13.9. The standard InChI is InChI=1S/C15H16FIN2S/c16-13-4-3-11(17)10-12(13)15(14-2-1-9-20-14)19-7-5-18-6-8-19/h1-4,9-10,15,18H,5-8H2/t15-/m1/s1. The van der Waals surface area contributed by atoms with E-state index < -0.39 is 0 Å². The van der Waals surface area contributed by atoms with Gasteiger partial charge in [0, 0.05) is 40.2 Å².